The third-order valence-corrected chi connectivity index (χ3v) is 5.13. The molecule has 1 saturated heterocycles. The molecule has 0 spiro atoms. The van der Waals surface area contributed by atoms with E-state index in [2.05, 4.69) is 20.3 Å². The Morgan fingerprint density at radius 3 is 2.69 bits per heavy atom. The molecule has 0 radical (unpaired) electrons. The SMILES string of the molecule is CC1CN(c2ccc(CNC(=O)c3ccn(-c4cccc([N+](=O)[O-])c4)n3)cn2)CC(C)O1. The second kappa shape index (κ2) is 9.15. The van der Waals surface area contributed by atoms with Gasteiger partial charge in [-0.3, -0.25) is 14.9 Å². The van der Waals surface area contributed by atoms with Crippen LogP contribution in [0, 0.1) is 10.1 Å². The van der Waals surface area contributed by atoms with E-state index in [1.807, 2.05) is 26.0 Å². The molecule has 0 saturated carbocycles. The highest BCUT2D eigenvalue weighted by Crippen LogP contribution is 2.19. The van der Waals surface area contributed by atoms with Crippen LogP contribution in [0.5, 0.6) is 0 Å². The molecule has 1 N–H and O–H groups in total. The van der Waals surface area contributed by atoms with Gasteiger partial charge in [0.2, 0.25) is 0 Å². The highest BCUT2D eigenvalue weighted by Gasteiger charge is 2.23. The Labute approximate surface area is 185 Å². The van der Waals surface area contributed by atoms with Crippen molar-refractivity contribution in [2.45, 2.75) is 32.6 Å². The molecule has 10 heteroatoms. The third kappa shape index (κ3) is 4.92. The van der Waals surface area contributed by atoms with Gasteiger partial charge in [-0.1, -0.05) is 12.1 Å². The fourth-order valence-corrected chi connectivity index (χ4v) is 3.68. The summed E-state index contributed by atoms with van der Waals surface area (Å²) in [5, 5.41) is 18.0. The Bertz CT molecular complexity index is 1100. The molecule has 1 aromatic carbocycles. The van der Waals surface area contributed by atoms with Crippen molar-refractivity contribution in [2.24, 2.45) is 0 Å². The lowest BCUT2D eigenvalue weighted by Gasteiger charge is -2.36. The number of nitro groups is 1. The van der Waals surface area contributed by atoms with E-state index < -0.39 is 4.92 Å². The second-order valence-electron chi connectivity index (χ2n) is 7.79. The van der Waals surface area contributed by atoms with Crippen LogP contribution in [-0.2, 0) is 11.3 Å². The Hall–Kier alpha value is -3.79. The number of nitrogens with zero attached hydrogens (tertiary/aromatic N) is 5. The lowest BCUT2D eigenvalue weighted by Crippen LogP contribution is -2.45. The van der Waals surface area contributed by atoms with Crippen molar-refractivity contribution in [1.29, 1.82) is 0 Å². The van der Waals surface area contributed by atoms with Crippen LogP contribution in [-0.4, -0.2) is 50.9 Å². The monoisotopic (exact) mass is 436 g/mol. The summed E-state index contributed by atoms with van der Waals surface area (Å²) >= 11 is 0. The number of carbonyl (C=O) groups excluding carboxylic acids is 1. The van der Waals surface area contributed by atoms with Gasteiger partial charge in [-0.15, -0.1) is 0 Å². The van der Waals surface area contributed by atoms with Crippen molar-refractivity contribution < 1.29 is 14.5 Å². The molecule has 2 aromatic heterocycles. The number of ether oxygens (including phenoxy) is 1. The number of nitro benzene ring substituents is 1. The average Bonchev–Trinajstić information content (AvgIpc) is 3.28. The van der Waals surface area contributed by atoms with Crippen LogP contribution in [0.15, 0.2) is 54.9 Å². The van der Waals surface area contributed by atoms with E-state index in [1.54, 1.807) is 30.6 Å². The highest BCUT2D eigenvalue weighted by atomic mass is 16.6. The van der Waals surface area contributed by atoms with Crippen molar-refractivity contribution in [1.82, 2.24) is 20.1 Å². The highest BCUT2D eigenvalue weighted by molar-refractivity contribution is 5.92. The summed E-state index contributed by atoms with van der Waals surface area (Å²) in [4.78, 5) is 29.7. The van der Waals surface area contributed by atoms with Crippen LogP contribution < -0.4 is 10.2 Å². The number of morpholine rings is 1. The van der Waals surface area contributed by atoms with Crippen LogP contribution >= 0.6 is 0 Å². The minimum atomic E-state index is -0.472. The molecule has 3 aromatic rings. The summed E-state index contributed by atoms with van der Waals surface area (Å²) in [5.41, 5.74) is 1.55. The molecule has 2 atom stereocenters. The van der Waals surface area contributed by atoms with E-state index >= 15 is 0 Å². The molecule has 1 fully saturated rings. The number of pyridine rings is 1. The first kappa shape index (κ1) is 21.4. The van der Waals surface area contributed by atoms with Crippen LogP contribution in [0.2, 0.25) is 0 Å². The largest absolute Gasteiger partial charge is 0.372 e. The zero-order valence-corrected chi connectivity index (χ0v) is 17.8. The van der Waals surface area contributed by atoms with E-state index in [4.69, 9.17) is 4.74 Å². The van der Waals surface area contributed by atoms with Crippen LogP contribution in [0.4, 0.5) is 11.5 Å². The molecule has 3 heterocycles. The Morgan fingerprint density at radius 2 is 2.00 bits per heavy atom. The maximum atomic E-state index is 12.5. The quantitative estimate of drug-likeness (QED) is 0.467. The van der Waals surface area contributed by atoms with Crippen LogP contribution in [0.1, 0.15) is 29.9 Å². The summed E-state index contributed by atoms with van der Waals surface area (Å²) < 4.78 is 7.19. The van der Waals surface area contributed by atoms with Gasteiger partial charge in [0.05, 0.1) is 22.8 Å². The molecule has 166 valence electrons. The van der Waals surface area contributed by atoms with Crippen molar-refractivity contribution in [3.63, 3.8) is 0 Å². The molecule has 1 aliphatic heterocycles. The van der Waals surface area contributed by atoms with Gasteiger partial charge in [0.1, 0.15) is 5.82 Å². The number of hydrogen-bond donors (Lipinski definition) is 1. The molecule has 10 nitrogen and oxygen atoms in total. The lowest BCUT2D eigenvalue weighted by molar-refractivity contribution is -0.384. The van der Waals surface area contributed by atoms with Gasteiger partial charge in [0.15, 0.2) is 5.69 Å². The number of non-ortho nitro benzene ring substituents is 1. The predicted molar refractivity (Wildman–Crippen MR) is 118 cm³/mol. The summed E-state index contributed by atoms with van der Waals surface area (Å²) in [6.07, 6.45) is 3.65. The van der Waals surface area contributed by atoms with E-state index in [0.717, 1.165) is 24.5 Å². The summed E-state index contributed by atoms with van der Waals surface area (Å²) in [6.45, 7) is 5.99. The van der Waals surface area contributed by atoms with Crippen molar-refractivity contribution in [3.8, 4) is 5.69 Å². The number of aromatic nitrogens is 3. The van der Waals surface area contributed by atoms with Gasteiger partial charge < -0.3 is 15.0 Å². The maximum absolute atomic E-state index is 12.5. The van der Waals surface area contributed by atoms with E-state index in [-0.39, 0.29) is 29.5 Å². The molecular formula is C22H24N6O4. The molecule has 2 unspecified atom stereocenters. The number of hydrogen-bond acceptors (Lipinski definition) is 7. The topological polar surface area (TPSA) is 115 Å². The fourth-order valence-electron chi connectivity index (χ4n) is 3.68. The molecule has 0 aliphatic carbocycles. The minimum Gasteiger partial charge on any atom is -0.372 e. The fraction of sp³-hybridized carbons (Fsp3) is 0.318. The average molecular weight is 436 g/mol. The van der Waals surface area contributed by atoms with Crippen molar-refractivity contribution in [3.05, 3.63) is 76.2 Å². The van der Waals surface area contributed by atoms with E-state index in [9.17, 15) is 14.9 Å². The summed E-state index contributed by atoms with van der Waals surface area (Å²) in [7, 11) is 0. The molecule has 1 aliphatic rings. The first-order valence-corrected chi connectivity index (χ1v) is 10.3. The van der Waals surface area contributed by atoms with E-state index in [0.29, 0.717) is 12.2 Å². The van der Waals surface area contributed by atoms with Gasteiger partial charge in [-0.25, -0.2) is 9.67 Å². The predicted octanol–water partition coefficient (Wildman–Crippen LogP) is 2.72. The van der Waals surface area contributed by atoms with Gasteiger partial charge in [0.25, 0.3) is 11.6 Å². The normalized spacial score (nSPS) is 18.4. The lowest BCUT2D eigenvalue weighted by atomic mass is 10.2. The molecule has 1 amide bonds. The first-order chi connectivity index (χ1) is 15.4. The van der Waals surface area contributed by atoms with Crippen molar-refractivity contribution >= 4 is 17.4 Å². The van der Waals surface area contributed by atoms with Gasteiger partial charge >= 0.3 is 0 Å². The molecule has 4 rings (SSSR count). The zero-order valence-electron chi connectivity index (χ0n) is 17.8. The Morgan fingerprint density at radius 1 is 1.22 bits per heavy atom. The van der Waals surface area contributed by atoms with E-state index in [1.165, 1.54) is 16.8 Å². The number of rotatable bonds is 6. The minimum absolute atomic E-state index is 0.0408. The van der Waals surface area contributed by atoms with Gasteiger partial charge in [-0.05, 0) is 37.6 Å². The molecular weight excluding hydrogens is 412 g/mol. The number of nitrogens with one attached hydrogen (secondary N) is 1. The first-order valence-electron chi connectivity index (χ1n) is 10.3. The van der Waals surface area contributed by atoms with Crippen LogP contribution in [0.3, 0.4) is 0 Å². The maximum Gasteiger partial charge on any atom is 0.272 e. The third-order valence-electron chi connectivity index (χ3n) is 5.13. The standard InChI is InChI=1S/C22H24N6O4/c1-15-13-26(14-16(2)32-15)21-7-6-17(11-23-21)12-24-22(29)20-8-9-27(25-20)18-4-3-5-19(10-18)28(30)31/h3-11,15-16H,12-14H2,1-2H3,(H,24,29). The Balaban J connectivity index is 1.36. The Kier molecular flexibility index (Phi) is 6.13. The summed E-state index contributed by atoms with van der Waals surface area (Å²) in [6, 6.07) is 11.5. The van der Waals surface area contributed by atoms with Crippen molar-refractivity contribution in [2.75, 3.05) is 18.0 Å². The van der Waals surface area contributed by atoms with Crippen LogP contribution in [0.25, 0.3) is 5.69 Å². The number of anilines is 1. The smallest absolute Gasteiger partial charge is 0.272 e. The number of benzene rings is 1. The molecule has 32 heavy (non-hydrogen) atoms. The van der Waals surface area contributed by atoms with Gasteiger partial charge in [-0.2, -0.15) is 5.10 Å². The van der Waals surface area contributed by atoms with Gasteiger partial charge in [0, 0.05) is 44.2 Å². The molecule has 0 bridgehead atoms. The zero-order chi connectivity index (χ0) is 22.7. The number of amides is 1. The second-order valence-corrected chi connectivity index (χ2v) is 7.79. The number of carbonyl (C=O) groups is 1. The summed E-state index contributed by atoms with van der Waals surface area (Å²) in [5.74, 6) is 0.548.